The Hall–Kier alpha value is -1.35. The SMILES string of the molecule is CC(C)(C)C(N)C(=O)c1ccc(O)cc1. The lowest BCUT2D eigenvalue weighted by molar-refractivity contribution is 0.0901. The molecular formula is C12H17NO2. The van der Waals surface area contributed by atoms with Crippen molar-refractivity contribution >= 4 is 5.78 Å². The van der Waals surface area contributed by atoms with Crippen LogP contribution in [0.15, 0.2) is 24.3 Å². The minimum absolute atomic E-state index is 0.0949. The van der Waals surface area contributed by atoms with Crippen LogP contribution in [0.3, 0.4) is 0 Å². The second kappa shape index (κ2) is 4.03. The molecule has 0 saturated heterocycles. The van der Waals surface area contributed by atoms with Gasteiger partial charge in [0.1, 0.15) is 5.75 Å². The molecule has 82 valence electrons. The van der Waals surface area contributed by atoms with E-state index in [1.807, 2.05) is 20.8 Å². The number of carbonyl (C=O) groups is 1. The van der Waals surface area contributed by atoms with Crippen molar-refractivity contribution in [1.82, 2.24) is 0 Å². The summed E-state index contributed by atoms with van der Waals surface area (Å²) in [5.74, 6) is 0.0541. The van der Waals surface area contributed by atoms with Crippen LogP contribution >= 0.6 is 0 Å². The van der Waals surface area contributed by atoms with Gasteiger partial charge in [-0.15, -0.1) is 0 Å². The van der Waals surface area contributed by atoms with Gasteiger partial charge in [0, 0.05) is 5.56 Å². The van der Waals surface area contributed by atoms with E-state index in [2.05, 4.69) is 0 Å². The maximum absolute atomic E-state index is 11.9. The molecule has 0 heterocycles. The molecular weight excluding hydrogens is 190 g/mol. The van der Waals surface area contributed by atoms with Crippen molar-refractivity contribution in [3.8, 4) is 5.75 Å². The number of aromatic hydroxyl groups is 1. The zero-order valence-corrected chi connectivity index (χ0v) is 9.32. The smallest absolute Gasteiger partial charge is 0.180 e. The number of Topliss-reactive ketones (excluding diaryl/α,β-unsaturated/α-hetero) is 1. The second-order valence-electron chi connectivity index (χ2n) is 4.75. The number of nitrogens with two attached hydrogens (primary N) is 1. The Labute approximate surface area is 89.9 Å². The average Bonchev–Trinajstić information content (AvgIpc) is 2.15. The first-order valence-electron chi connectivity index (χ1n) is 4.91. The van der Waals surface area contributed by atoms with Gasteiger partial charge >= 0.3 is 0 Å². The summed E-state index contributed by atoms with van der Waals surface area (Å²) >= 11 is 0. The Morgan fingerprint density at radius 3 is 2.13 bits per heavy atom. The minimum Gasteiger partial charge on any atom is -0.508 e. The van der Waals surface area contributed by atoms with Gasteiger partial charge in [-0.25, -0.2) is 0 Å². The number of phenolic OH excluding ortho intramolecular Hbond substituents is 1. The van der Waals surface area contributed by atoms with Crippen LogP contribution in [0, 0.1) is 5.41 Å². The normalized spacial score (nSPS) is 13.6. The van der Waals surface area contributed by atoms with Crippen LogP contribution in [0.4, 0.5) is 0 Å². The zero-order valence-electron chi connectivity index (χ0n) is 9.32. The lowest BCUT2D eigenvalue weighted by Gasteiger charge is -2.25. The van der Waals surface area contributed by atoms with Crippen molar-refractivity contribution < 1.29 is 9.90 Å². The molecule has 0 fully saturated rings. The molecule has 1 aromatic carbocycles. The molecule has 3 N–H and O–H groups in total. The van der Waals surface area contributed by atoms with Gasteiger partial charge in [0.25, 0.3) is 0 Å². The lowest BCUT2D eigenvalue weighted by Crippen LogP contribution is -2.42. The van der Waals surface area contributed by atoms with Crippen molar-refractivity contribution in [2.75, 3.05) is 0 Å². The molecule has 3 nitrogen and oxygen atoms in total. The van der Waals surface area contributed by atoms with Crippen LogP contribution in [0.25, 0.3) is 0 Å². The van der Waals surface area contributed by atoms with Crippen LogP contribution in [0.5, 0.6) is 5.75 Å². The zero-order chi connectivity index (χ0) is 11.6. The monoisotopic (exact) mass is 207 g/mol. The molecule has 1 aromatic rings. The Kier molecular flexibility index (Phi) is 3.15. The largest absolute Gasteiger partial charge is 0.508 e. The molecule has 0 aliphatic heterocycles. The molecule has 0 radical (unpaired) electrons. The number of rotatable bonds is 2. The third-order valence-electron chi connectivity index (χ3n) is 2.37. The number of ketones is 1. The van der Waals surface area contributed by atoms with Gasteiger partial charge in [-0.3, -0.25) is 4.79 Å². The first-order chi connectivity index (χ1) is 6.82. The van der Waals surface area contributed by atoms with Crippen molar-refractivity contribution in [2.45, 2.75) is 26.8 Å². The van der Waals surface area contributed by atoms with Crippen LogP contribution in [-0.4, -0.2) is 16.9 Å². The minimum atomic E-state index is -0.526. The quantitative estimate of drug-likeness (QED) is 0.728. The molecule has 0 amide bonds. The molecule has 0 spiro atoms. The summed E-state index contributed by atoms with van der Waals surface area (Å²) in [7, 11) is 0. The van der Waals surface area contributed by atoms with Crippen LogP contribution in [0.2, 0.25) is 0 Å². The van der Waals surface area contributed by atoms with E-state index in [1.165, 1.54) is 12.1 Å². The number of hydrogen-bond acceptors (Lipinski definition) is 3. The van der Waals surface area contributed by atoms with E-state index in [0.29, 0.717) is 5.56 Å². The van der Waals surface area contributed by atoms with Gasteiger partial charge < -0.3 is 10.8 Å². The highest BCUT2D eigenvalue weighted by molar-refractivity contribution is 6.00. The van der Waals surface area contributed by atoms with Gasteiger partial charge in [-0.05, 0) is 29.7 Å². The van der Waals surface area contributed by atoms with Crippen molar-refractivity contribution in [2.24, 2.45) is 11.1 Å². The summed E-state index contributed by atoms with van der Waals surface area (Å²) in [5.41, 5.74) is 6.13. The lowest BCUT2D eigenvalue weighted by atomic mass is 9.83. The Bertz CT molecular complexity index is 349. The summed E-state index contributed by atoms with van der Waals surface area (Å²) in [6.07, 6.45) is 0. The standard InChI is InChI=1S/C12H17NO2/c1-12(2,3)11(13)10(15)8-4-6-9(14)7-5-8/h4-7,11,14H,13H2,1-3H3. The maximum atomic E-state index is 11.9. The molecule has 1 unspecified atom stereocenters. The van der Waals surface area contributed by atoms with E-state index in [0.717, 1.165) is 0 Å². The summed E-state index contributed by atoms with van der Waals surface area (Å²) in [5, 5.41) is 9.09. The fourth-order valence-corrected chi connectivity index (χ4v) is 1.20. The highest BCUT2D eigenvalue weighted by Gasteiger charge is 2.27. The molecule has 1 atom stereocenters. The van der Waals surface area contributed by atoms with Crippen LogP contribution in [0.1, 0.15) is 31.1 Å². The number of phenols is 1. The fourth-order valence-electron chi connectivity index (χ4n) is 1.20. The number of benzene rings is 1. The van der Waals surface area contributed by atoms with Gasteiger partial charge in [-0.2, -0.15) is 0 Å². The van der Waals surface area contributed by atoms with Crippen LogP contribution in [-0.2, 0) is 0 Å². The summed E-state index contributed by atoms with van der Waals surface area (Å²) in [4.78, 5) is 11.9. The summed E-state index contributed by atoms with van der Waals surface area (Å²) in [6, 6.07) is 5.62. The van der Waals surface area contributed by atoms with Gasteiger partial charge in [0.05, 0.1) is 6.04 Å². The molecule has 0 aromatic heterocycles. The Morgan fingerprint density at radius 1 is 1.27 bits per heavy atom. The van der Waals surface area contributed by atoms with Crippen molar-refractivity contribution in [3.05, 3.63) is 29.8 Å². The molecule has 15 heavy (non-hydrogen) atoms. The predicted octanol–water partition coefficient (Wildman–Crippen LogP) is 1.95. The maximum Gasteiger partial charge on any atom is 0.180 e. The van der Waals surface area contributed by atoms with Crippen molar-refractivity contribution in [1.29, 1.82) is 0 Å². The van der Waals surface area contributed by atoms with E-state index in [9.17, 15) is 4.79 Å². The molecule has 0 saturated carbocycles. The predicted molar refractivity (Wildman–Crippen MR) is 59.9 cm³/mol. The van der Waals surface area contributed by atoms with E-state index in [4.69, 9.17) is 10.8 Å². The molecule has 0 aliphatic carbocycles. The Morgan fingerprint density at radius 2 is 1.73 bits per heavy atom. The number of carbonyl (C=O) groups excluding carboxylic acids is 1. The second-order valence-corrected chi connectivity index (χ2v) is 4.75. The van der Waals surface area contributed by atoms with Crippen LogP contribution < -0.4 is 5.73 Å². The van der Waals surface area contributed by atoms with Gasteiger partial charge in [0.15, 0.2) is 5.78 Å². The average molecular weight is 207 g/mol. The summed E-state index contributed by atoms with van der Waals surface area (Å²) < 4.78 is 0. The van der Waals surface area contributed by atoms with E-state index < -0.39 is 6.04 Å². The van der Waals surface area contributed by atoms with Crippen molar-refractivity contribution in [3.63, 3.8) is 0 Å². The molecule has 0 bridgehead atoms. The Balaban J connectivity index is 2.90. The summed E-state index contributed by atoms with van der Waals surface area (Å²) in [6.45, 7) is 5.78. The molecule has 0 aliphatic rings. The third kappa shape index (κ3) is 2.80. The highest BCUT2D eigenvalue weighted by Crippen LogP contribution is 2.21. The third-order valence-corrected chi connectivity index (χ3v) is 2.37. The van der Waals surface area contributed by atoms with E-state index in [-0.39, 0.29) is 16.9 Å². The van der Waals surface area contributed by atoms with Gasteiger partial charge in [-0.1, -0.05) is 20.8 Å². The highest BCUT2D eigenvalue weighted by atomic mass is 16.3. The molecule has 1 rings (SSSR count). The van der Waals surface area contributed by atoms with E-state index in [1.54, 1.807) is 12.1 Å². The topological polar surface area (TPSA) is 63.3 Å². The van der Waals surface area contributed by atoms with Gasteiger partial charge in [0.2, 0.25) is 0 Å². The number of hydrogen-bond donors (Lipinski definition) is 2. The molecule has 3 heteroatoms. The fraction of sp³-hybridized carbons (Fsp3) is 0.417. The first-order valence-corrected chi connectivity index (χ1v) is 4.91. The first kappa shape index (κ1) is 11.7. The van der Waals surface area contributed by atoms with E-state index >= 15 is 0 Å².